The third-order valence-corrected chi connectivity index (χ3v) is 3.48. The Morgan fingerprint density at radius 1 is 1.18 bits per heavy atom. The molecule has 3 heteroatoms. The summed E-state index contributed by atoms with van der Waals surface area (Å²) in [6.07, 6.45) is 0. The van der Waals surface area contributed by atoms with Crippen molar-refractivity contribution in [3.05, 3.63) is 35.5 Å². The monoisotopic (exact) mass is 226 g/mol. The van der Waals surface area contributed by atoms with Crippen LogP contribution >= 0.6 is 0 Å². The molecule has 1 aromatic carbocycles. The van der Waals surface area contributed by atoms with Gasteiger partial charge in [0.25, 0.3) is 0 Å². The predicted octanol–water partition coefficient (Wildman–Crippen LogP) is 2.77. The molecule has 0 aliphatic carbocycles. The molecule has 0 atom stereocenters. The highest BCUT2D eigenvalue weighted by Gasteiger charge is 2.39. The van der Waals surface area contributed by atoms with Crippen LogP contribution in [0.2, 0.25) is 0 Å². The summed E-state index contributed by atoms with van der Waals surface area (Å²) in [5.74, 6) is 0.0447. The number of aromatic nitrogens is 1. The number of carbonyl (C=O) groups is 1. The van der Waals surface area contributed by atoms with Crippen molar-refractivity contribution in [1.82, 2.24) is 4.98 Å². The van der Waals surface area contributed by atoms with Crippen LogP contribution in [0.25, 0.3) is 10.9 Å². The first-order chi connectivity index (χ1) is 8.00. The van der Waals surface area contributed by atoms with Gasteiger partial charge in [0.15, 0.2) is 0 Å². The van der Waals surface area contributed by atoms with Gasteiger partial charge in [-0.25, -0.2) is 0 Å². The second-order valence-corrected chi connectivity index (χ2v) is 5.09. The Kier molecular flexibility index (Phi) is 1.85. The van der Waals surface area contributed by atoms with Crippen molar-refractivity contribution in [2.45, 2.75) is 26.2 Å². The first kappa shape index (κ1) is 10.3. The largest absolute Gasteiger partial charge is 0.323 e. The van der Waals surface area contributed by atoms with Gasteiger partial charge in [-0.15, -0.1) is 0 Å². The van der Waals surface area contributed by atoms with E-state index < -0.39 is 5.41 Å². The maximum Gasteiger partial charge on any atom is 0.234 e. The molecular weight excluding hydrogens is 212 g/mol. The number of amides is 1. The summed E-state index contributed by atoms with van der Waals surface area (Å²) in [7, 11) is 0. The molecule has 1 amide bonds. The summed E-state index contributed by atoms with van der Waals surface area (Å²) in [5, 5.41) is 4.02. The molecule has 0 saturated carbocycles. The molecule has 1 aromatic heterocycles. The first-order valence-electron chi connectivity index (χ1n) is 5.72. The number of nitrogens with zero attached hydrogens (tertiary/aromatic N) is 1. The minimum absolute atomic E-state index is 0.0447. The molecular formula is C14H14N2O. The number of hydrogen-bond acceptors (Lipinski definition) is 2. The zero-order chi connectivity index (χ0) is 12.2. The van der Waals surface area contributed by atoms with E-state index in [4.69, 9.17) is 0 Å². The van der Waals surface area contributed by atoms with Crippen molar-refractivity contribution < 1.29 is 4.79 Å². The van der Waals surface area contributed by atoms with E-state index in [2.05, 4.69) is 10.3 Å². The van der Waals surface area contributed by atoms with Crippen LogP contribution in [-0.4, -0.2) is 10.9 Å². The van der Waals surface area contributed by atoms with Crippen molar-refractivity contribution in [3.63, 3.8) is 0 Å². The van der Waals surface area contributed by atoms with Crippen LogP contribution in [-0.2, 0) is 10.2 Å². The lowest BCUT2D eigenvalue weighted by Crippen LogP contribution is -2.26. The van der Waals surface area contributed by atoms with E-state index in [1.807, 2.05) is 45.0 Å². The Morgan fingerprint density at radius 3 is 2.65 bits per heavy atom. The van der Waals surface area contributed by atoms with E-state index in [-0.39, 0.29) is 5.91 Å². The second-order valence-electron chi connectivity index (χ2n) is 5.09. The number of rotatable bonds is 0. The molecule has 3 nitrogen and oxygen atoms in total. The lowest BCUT2D eigenvalue weighted by Gasteiger charge is -2.14. The molecule has 0 unspecified atom stereocenters. The average Bonchev–Trinajstić information content (AvgIpc) is 2.51. The summed E-state index contributed by atoms with van der Waals surface area (Å²) in [5.41, 5.74) is 3.30. The zero-order valence-corrected chi connectivity index (χ0v) is 10.2. The van der Waals surface area contributed by atoms with E-state index in [9.17, 15) is 4.79 Å². The molecule has 3 rings (SSSR count). The van der Waals surface area contributed by atoms with Gasteiger partial charge in [-0.3, -0.25) is 9.78 Å². The Labute approximate surface area is 99.9 Å². The number of carbonyl (C=O) groups excluding carboxylic acids is 1. The standard InChI is InChI=1S/C14H14N2O/c1-8-4-5-9-6-7-10-12(11(9)15-8)16-13(17)14(10,2)3/h4-7H,1-3H3,(H,16,17). The van der Waals surface area contributed by atoms with E-state index in [0.29, 0.717) is 0 Å². The van der Waals surface area contributed by atoms with Crippen LogP contribution in [0.3, 0.4) is 0 Å². The Balaban J connectivity index is 2.39. The quantitative estimate of drug-likeness (QED) is 0.750. The van der Waals surface area contributed by atoms with Crippen LogP contribution in [0.5, 0.6) is 0 Å². The van der Waals surface area contributed by atoms with Gasteiger partial charge in [-0.05, 0) is 32.4 Å². The predicted molar refractivity (Wildman–Crippen MR) is 68.1 cm³/mol. The van der Waals surface area contributed by atoms with Crippen LogP contribution in [0.15, 0.2) is 24.3 Å². The summed E-state index contributed by atoms with van der Waals surface area (Å²) >= 11 is 0. The number of nitrogens with one attached hydrogen (secondary N) is 1. The van der Waals surface area contributed by atoms with Gasteiger partial charge in [0, 0.05) is 11.1 Å². The molecule has 0 saturated heterocycles. The number of aryl methyl sites for hydroxylation is 1. The fourth-order valence-corrected chi connectivity index (χ4v) is 2.33. The normalized spacial score (nSPS) is 17.0. The van der Waals surface area contributed by atoms with Gasteiger partial charge < -0.3 is 5.32 Å². The molecule has 86 valence electrons. The topological polar surface area (TPSA) is 42.0 Å². The molecule has 1 aliphatic heterocycles. The minimum Gasteiger partial charge on any atom is -0.323 e. The molecule has 0 radical (unpaired) electrons. The molecule has 2 aromatic rings. The Hall–Kier alpha value is -1.90. The summed E-state index contributed by atoms with van der Waals surface area (Å²) in [4.78, 5) is 16.5. The van der Waals surface area contributed by atoms with E-state index in [0.717, 1.165) is 27.8 Å². The first-order valence-corrected chi connectivity index (χ1v) is 5.72. The highest BCUT2D eigenvalue weighted by Crippen LogP contribution is 2.40. The highest BCUT2D eigenvalue weighted by molar-refractivity contribution is 6.12. The fourth-order valence-electron chi connectivity index (χ4n) is 2.33. The SMILES string of the molecule is Cc1ccc2ccc3c(c2n1)NC(=O)C3(C)C. The van der Waals surface area contributed by atoms with E-state index in [1.165, 1.54) is 0 Å². The van der Waals surface area contributed by atoms with Crippen molar-refractivity contribution in [3.8, 4) is 0 Å². The zero-order valence-electron chi connectivity index (χ0n) is 10.2. The number of fused-ring (bicyclic) bond motifs is 3. The minimum atomic E-state index is -0.463. The van der Waals surface area contributed by atoms with Gasteiger partial charge in [-0.2, -0.15) is 0 Å². The van der Waals surface area contributed by atoms with E-state index >= 15 is 0 Å². The molecule has 0 spiro atoms. The lowest BCUT2D eigenvalue weighted by molar-refractivity contribution is -0.119. The third kappa shape index (κ3) is 1.28. The number of benzene rings is 1. The maximum atomic E-state index is 11.9. The van der Waals surface area contributed by atoms with Gasteiger partial charge in [-0.1, -0.05) is 18.2 Å². The third-order valence-electron chi connectivity index (χ3n) is 3.48. The summed E-state index contributed by atoms with van der Waals surface area (Å²) < 4.78 is 0. The van der Waals surface area contributed by atoms with Crippen molar-refractivity contribution in [1.29, 1.82) is 0 Å². The van der Waals surface area contributed by atoms with Crippen LogP contribution in [0, 0.1) is 6.92 Å². The van der Waals surface area contributed by atoms with Gasteiger partial charge in [0.05, 0.1) is 16.6 Å². The highest BCUT2D eigenvalue weighted by atomic mass is 16.2. The van der Waals surface area contributed by atoms with Crippen LogP contribution in [0.4, 0.5) is 5.69 Å². The summed E-state index contributed by atoms with van der Waals surface area (Å²) in [6, 6.07) is 8.07. The maximum absolute atomic E-state index is 11.9. The number of hydrogen-bond donors (Lipinski definition) is 1. The number of anilines is 1. The Bertz CT molecular complexity index is 644. The molecule has 17 heavy (non-hydrogen) atoms. The van der Waals surface area contributed by atoms with Crippen molar-refractivity contribution >= 4 is 22.5 Å². The van der Waals surface area contributed by atoms with Crippen LogP contribution in [0.1, 0.15) is 25.1 Å². The van der Waals surface area contributed by atoms with E-state index in [1.54, 1.807) is 0 Å². The molecule has 1 aliphatic rings. The van der Waals surface area contributed by atoms with Crippen LogP contribution < -0.4 is 5.32 Å². The second kappa shape index (κ2) is 3.06. The fraction of sp³-hybridized carbons (Fsp3) is 0.286. The lowest BCUT2D eigenvalue weighted by atomic mass is 9.86. The average molecular weight is 226 g/mol. The smallest absolute Gasteiger partial charge is 0.234 e. The molecule has 0 fully saturated rings. The van der Waals surface area contributed by atoms with Gasteiger partial charge >= 0.3 is 0 Å². The molecule has 1 N–H and O–H groups in total. The molecule has 0 bridgehead atoms. The summed E-state index contributed by atoms with van der Waals surface area (Å²) in [6.45, 7) is 5.84. The molecule has 2 heterocycles. The van der Waals surface area contributed by atoms with Crippen molar-refractivity contribution in [2.24, 2.45) is 0 Å². The number of pyridine rings is 1. The Morgan fingerprint density at radius 2 is 1.88 bits per heavy atom. The van der Waals surface area contributed by atoms with Gasteiger partial charge in [0.2, 0.25) is 5.91 Å². The van der Waals surface area contributed by atoms with Crippen molar-refractivity contribution in [2.75, 3.05) is 5.32 Å². The van der Waals surface area contributed by atoms with Gasteiger partial charge in [0.1, 0.15) is 0 Å².